The van der Waals surface area contributed by atoms with Crippen molar-refractivity contribution >= 4 is 5.91 Å². The molecule has 0 radical (unpaired) electrons. The van der Waals surface area contributed by atoms with Crippen molar-refractivity contribution < 1.29 is 14.3 Å². The highest BCUT2D eigenvalue weighted by Gasteiger charge is 2.46. The molecule has 2 aromatic carbocycles. The Morgan fingerprint density at radius 3 is 2.57 bits per heavy atom. The highest BCUT2D eigenvalue weighted by Crippen LogP contribution is 2.53. The van der Waals surface area contributed by atoms with E-state index in [2.05, 4.69) is 66.9 Å². The minimum absolute atomic E-state index is 0.0541. The second-order valence-corrected chi connectivity index (χ2v) is 11.0. The van der Waals surface area contributed by atoms with Gasteiger partial charge < -0.3 is 20.1 Å². The summed E-state index contributed by atoms with van der Waals surface area (Å²) in [5.74, 6) is 1.16. The summed E-state index contributed by atoms with van der Waals surface area (Å²) in [5, 5.41) is 7.05. The summed E-state index contributed by atoms with van der Waals surface area (Å²) in [6.07, 6.45) is 7.49. The maximum atomic E-state index is 13.4. The number of piperidine rings is 1. The van der Waals surface area contributed by atoms with Gasteiger partial charge in [0.1, 0.15) is 5.75 Å². The van der Waals surface area contributed by atoms with Crippen LogP contribution in [-0.4, -0.2) is 38.3 Å². The van der Waals surface area contributed by atoms with Gasteiger partial charge in [-0.1, -0.05) is 36.8 Å². The summed E-state index contributed by atoms with van der Waals surface area (Å²) in [7, 11) is 1.77. The zero-order valence-corrected chi connectivity index (χ0v) is 21.4. The minimum atomic E-state index is 0.0541. The lowest BCUT2D eigenvalue weighted by Gasteiger charge is -2.36. The van der Waals surface area contributed by atoms with Crippen LogP contribution in [0.1, 0.15) is 76.0 Å². The smallest absolute Gasteiger partial charge is 0.223 e. The van der Waals surface area contributed by atoms with Crippen molar-refractivity contribution in [3.8, 4) is 16.9 Å². The molecular formula is C30H40N2O3. The van der Waals surface area contributed by atoms with Gasteiger partial charge in [0.15, 0.2) is 0 Å². The number of nitrogens with one attached hydrogen (secondary N) is 2. The first-order valence-electron chi connectivity index (χ1n) is 13.4. The summed E-state index contributed by atoms with van der Waals surface area (Å²) in [6, 6.07) is 15.3. The number of ether oxygens (including phenoxy) is 2. The molecule has 0 bridgehead atoms. The number of hydrogen-bond acceptors (Lipinski definition) is 4. The highest BCUT2D eigenvalue weighted by molar-refractivity contribution is 5.80. The van der Waals surface area contributed by atoms with Crippen molar-refractivity contribution in [1.82, 2.24) is 10.6 Å². The standard InChI is InChI=1S/C30H40N2O3/c1-20(2)35-23-12-10-21(11-13-23)25-8-5-9-26-27(19-30(28(25)26)14-16-31-17-15-30)32-29(33)22-6-4-7-24(18-22)34-3/h5,8-13,20,22,24,27,31H,4,6-7,14-19H2,1-3H3,(H,32,33)/t22-,24+,27-/m0/s1. The lowest BCUT2D eigenvalue weighted by molar-refractivity contribution is -0.128. The maximum Gasteiger partial charge on any atom is 0.223 e. The van der Waals surface area contributed by atoms with Crippen LogP contribution in [0.5, 0.6) is 5.75 Å². The third kappa shape index (κ3) is 4.99. The van der Waals surface area contributed by atoms with Crippen molar-refractivity contribution in [1.29, 1.82) is 0 Å². The van der Waals surface area contributed by atoms with E-state index >= 15 is 0 Å². The van der Waals surface area contributed by atoms with Gasteiger partial charge in [0.25, 0.3) is 0 Å². The molecule has 2 N–H and O–H groups in total. The van der Waals surface area contributed by atoms with E-state index in [-0.39, 0.29) is 35.5 Å². The van der Waals surface area contributed by atoms with Crippen LogP contribution in [0, 0.1) is 5.92 Å². The number of carbonyl (C=O) groups excluding carboxylic acids is 1. The Morgan fingerprint density at radius 1 is 1.09 bits per heavy atom. The van der Waals surface area contributed by atoms with Gasteiger partial charge in [-0.25, -0.2) is 0 Å². The predicted octanol–water partition coefficient (Wildman–Crippen LogP) is 5.53. The summed E-state index contributed by atoms with van der Waals surface area (Å²) < 4.78 is 11.5. The SMILES string of the molecule is CO[C@@H]1CCC[C@H](C(=O)N[C@H]2CC3(CCNCC3)c3c(-c4ccc(OC(C)C)cc4)cccc32)C1. The lowest BCUT2D eigenvalue weighted by atomic mass is 9.72. The van der Waals surface area contributed by atoms with Gasteiger partial charge in [-0.05, 0) is 99.8 Å². The van der Waals surface area contributed by atoms with Crippen molar-refractivity contribution in [2.24, 2.45) is 5.92 Å². The van der Waals surface area contributed by atoms with Crippen LogP contribution in [0.25, 0.3) is 11.1 Å². The van der Waals surface area contributed by atoms with Crippen molar-refractivity contribution in [2.75, 3.05) is 20.2 Å². The molecule has 5 nitrogen and oxygen atoms in total. The van der Waals surface area contributed by atoms with Crippen LogP contribution in [0.4, 0.5) is 0 Å². The van der Waals surface area contributed by atoms with E-state index in [1.54, 1.807) is 7.11 Å². The Morgan fingerprint density at radius 2 is 1.86 bits per heavy atom. The number of carbonyl (C=O) groups is 1. The van der Waals surface area contributed by atoms with Crippen molar-refractivity contribution in [3.05, 3.63) is 53.6 Å². The fraction of sp³-hybridized carbons (Fsp3) is 0.567. The van der Waals surface area contributed by atoms with Crippen LogP contribution in [0.3, 0.4) is 0 Å². The zero-order valence-electron chi connectivity index (χ0n) is 21.4. The lowest BCUT2D eigenvalue weighted by Crippen LogP contribution is -2.40. The zero-order chi connectivity index (χ0) is 24.4. The minimum Gasteiger partial charge on any atom is -0.491 e. The van der Waals surface area contributed by atoms with Crippen LogP contribution in [0.2, 0.25) is 0 Å². The molecule has 1 saturated heterocycles. The normalized spacial score (nSPS) is 25.4. The maximum absolute atomic E-state index is 13.4. The fourth-order valence-electron chi connectivity index (χ4n) is 6.66. The number of rotatable bonds is 6. The van der Waals surface area contributed by atoms with Crippen molar-refractivity contribution in [3.63, 3.8) is 0 Å². The Hall–Kier alpha value is -2.37. The van der Waals surface area contributed by atoms with Gasteiger partial charge in [0.05, 0.1) is 18.2 Å². The molecule has 3 atom stereocenters. The predicted molar refractivity (Wildman–Crippen MR) is 140 cm³/mol. The molecule has 188 valence electrons. The van der Waals surface area contributed by atoms with E-state index in [0.717, 1.165) is 63.8 Å². The second-order valence-electron chi connectivity index (χ2n) is 11.0. The first-order chi connectivity index (χ1) is 17.0. The Bertz CT molecular complexity index is 1030. The molecule has 1 saturated carbocycles. The largest absolute Gasteiger partial charge is 0.491 e. The molecule has 2 aliphatic carbocycles. The molecule has 1 heterocycles. The summed E-state index contributed by atoms with van der Waals surface area (Å²) in [5.41, 5.74) is 5.37. The topological polar surface area (TPSA) is 59.6 Å². The van der Waals surface area contributed by atoms with Gasteiger partial charge in [-0.2, -0.15) is 0 Å². The molecule has 0 aromatic heterocycles. The fourth-order valence-corrected chi connectivity index (χ4v) is 6.66. The number of fused-ring (bicyclic) bond motifs is 2. The molecule has 1 spiro atoms. The van der Waals surface area contributed by atoms with Crippen LogP contribution < -0.4 is 15.4 Å². The highest BCUT2D eigenvalue weighted by atomic mass is 16.5. The summed E-state index contributed by atoms with van der Waals surface area (Å²) >= 11 is 0. The molecule has 35 heavy (non-hydrogen) atoms. The summed E-state index contributed by atoms with van der Waals surface area (Å²) in [4.78, 5) is 13.4. The molecule has 2 fully saturated rings. The first-order valence-corrected chi connectivity index (χ1v) is 13.4. The van der Waals surface area contributed by atoms with E-state index in [4.69, 9.17) is 9.47 Å². The third-order valence-corrected chi connectivity index (χ3v) is 8.34. The molecule has 1 amide bonds. The molecule has 1 aliphatic heterocycles. The molecular weight excluding hydrogens is 436 g/mol. The van der Waals surface area contributed by atoms with Gasteiger partial charge in [0.2, 0.25) is 5.91 Å². The van der Waals surface area contributed by atoms with E-state index < -0.39 is 0 Å². The monoisotopic (exact) mass is 476 g/mol. The molecule has 2 aromatic rings. The van der Waals surface area contributed by atoms with Gasteiger partial charge >= 0.3 is 0 Å². The average Bonchev–Trinajstić information content (AvgIpc) is 3.17. The van der Waals surface area contributed by atoms with Crippen LogP contribution in [0.15, 0.2) is 42.5 Å². The molecule has 3 aliphatic rings. The number of amides is 1. The molecule has 5 heteroatoms. The van der Waals surface area contributed by atoms with E-state index in [1.807, 2.05) is 0 Å². The van der Waals surface area contributed by atoms with Gasteiger partial charge in [0, 0.05) is 18.4 Å². The van der Waals surface area contributed by atoms with Gasteiger partial charge in [-0.3, -0.25) is 4.79 Å². The number of hydrogen-bond donors (Lipinski definition) is 2. The number of benzene rings is 2. The van der Waals surface area contributed by atoms with E-state index in [0.29, 0.717) is 0 Å². The first kappa shape index (κ1) is 24.3. The average molecular weight is 477 g/mol. The third-order valence-electron chi connectivity index (χ3n) is 8.34. The van der Waals surface area contributed by atoms with Crippen LogP contribution in [-0.2, 0) is 14.9 Å². The summed E-state index contributed by atoms with van der Waals surface area (Å²) in [6.45, 7) is 6.15. The van der Waals surface area contributed by atoms with Crippen LogP contribution >= 0.6 is 0 Å². The van der Waals surface area contributed by atoms with Crippen molar-refractivity contribution in [2.45, 2.75) is 82.5 Å². The molecule has 5 rings (SSSR count). The Labute approximate surface area is 210 Å². The quantitative estimate of drug-likeness (QED) is 0.576. The van der Waals surface area contributed by atoms with Gasteiger partial charge in [-0.15, -0.1) is 0 Å². The molecule has 0 unspecified atom stereocenters. The Balaban J connectivity index is 1.45. The van der Waals surface area contributed by atoms with E-state index in [9.17, 15) is 4.79 Å². The number of methoxy groups -OCH3 is 1. The Kier molecular flexibility index (Phi) is 7.17. The van der Waals surface area contributed by atoms with E-state index in [1.165, 1.54) is 22.3 Å². The second kappa shape index (κ2) is 10.3.